The summed E-state index contributed by atoms with van der Waals surface area (Å²) in [5, 5.41) is 8.61. The van der Waals surface area contributed by atoms with Crippen LogP contribution in [0.5, 0.6) is 0 Å². The lowest BCUT2D eigenvalue weighted by atomic mass is 9.96. The highest BCUT2D eigenvalue weighted by atomic mass is 35.5. The number of halogens is 1. The molecule has 158 valence electrons. The zero-order valence-electron chi connectivity index (χ0n) is 17.6. The third-order valence-corrected chi connectivity index (χ3v) is 5.95. The summed E-state index contributed by atoms with van der Waals surface area (Å²) in [7, 11) is 0. The van der Waals surface area contributed by atoms with E-state index in [0.717, 1.165) is 73.7 Å². The number of hydrogen-bond donors (Lipinski definition) is 1. The van der Waals surface area contributed by atoms with Gasteiger partial charge in [0.1, 0.15) is 5.82 Å². The van der Waals surface area contributed by atoms with Crippen molar-refractivity contribution in [1.82, 2.24) is 19.9 Å². The maximum absolute atomic E-state index is 12.4. The largest absolute Gasteiger partial charge is 0.356 e. The number of aryl methyl sites for hydroxylation is 1. The van der Waals surface area contributed by atoms with Crippen LogP contribution in [0.25, 0.3) is 16.9 Å². The highest BCUT2D eigenvalue weighted by Crippen LogP contribution is 2.27. The standard InChI is InChI=1S/C23H28ClN5O/c1-3-4-11-25-23(30)18-9-12-28(13-10-18)22-14-16(2)26-21-15-20(27-29(21)22)17-5-7-19(24)8-6-17/h5-8,14-15,18H,3-4,9-13H2,1-2H3,(H,25,30). The van der Waals surface area contributed by atoms with Gasteiger partial charge in [0.15, 0.2) is 5.65 Å². The Morgan fingerprint density at radius 2 is 1.93 bits per heavy atom. The van der Waals surface area contributed by atoms with Crippen LogP contribution < -0.4 is 10.2 Å². The number of fused-ring (bicyclic) bond motifs is 1. The number of aromatic nitrogens is 3. The van der Waals surface area contributed by atoms with Crippen LogP contribution in [0.1, 0.15) is 38.3 Å². The number of carbonyl (C=O) groups is 1. The zero-order valence-corrected chi connectivity index (χ0v) is 18.3. The molecule has 3 aromatic rings. The summed E-state index contributed by atoms with van der Waals surface area (Å²) in [6, 6.07) is 11.8. The number of unbranched alkanes of at least 4 members (excludes halogenated alkanes) is 1. The maximum atomic E-state index is 12.4. The summed E-state index contributed by atoms with van der Waals surface area (Å²) in [6.07, 6.45) is 3.84. The first kappa shape index (κ1) is 20.7. The van der Waals surface area contributed by atoms with Gasteiger partial charge in [-0.25, -0.2) is 4.98 Å². The van der Waals surface area contributed by atoms with E-state index in [1.54, 1.807) is 0 Å². The zero-order chi connectivity index (χ0) is 21.1. The number of rotatable bonds is 6. The van der Waals surface area contributed by atoms with Crippen LogP contribution in [0.3, 0.4) is 0 Å². The van der Waals surface area contributed by atoms with Crippen LogP contribution in [0.15, 0.2) is 36.4 Å². The first-order valence-corrected chi connectivity index (χ1v) is 11.1. The Labute approximate surface area is 182 Å². The molecule has 1 saturated heterocycles. The minimum Gasteiger partial charge on any atom is -0.356 e. The van der Waals surface area contributed by atoms with Crippen molar-refractivity contribution in [3.8, 4) is 11.3 Å². The molecule has 1 N–H and O–H groups in total. The van der Waals surface area contributed by atoms with Gasteiger partial charge in [-0.3, -0.25) is 4.79 Å². The summed E-state index contributed by atoms with van der Waals surface area (Å²) >= 11 is 6.02. The number of nitrogens with one attached hydrogen (secondary N) is 1. The number of piperidine rings is 1. The molecular formula is C23H28ClN5O. The third kappa shape index (κ3) is 4.43. The molecule has 0 aliphatic carbocycles. The quantitative estimate of drug-likeness (QED) is 0.591. The van der Waals surface area contributed by atoms with E-state index in [-0.39, 0.29) is 11.8 Å². The molecule has 0 unspecified atom stereocenters. The lowest BCUT2D eigenvalue weighted by Gasteiger charge is -2.33. The Hall–Kier alpha value is -2.60. The van der Waals surface area contributed by atoms with Gasteiger partial charge in [0.05, 0.1) is 5.69 Å². The van der Waals surface area contributed by atoms with Gasteiger partial charge >= 0.3 is 0 Å². The molecule has 0 atom stereocenters. The summed E-state index contributed by atoms with van der Waals surface area (Å²) < 4.78 is 1.92. The molecule has 0 saturated carbocycles. The van der Waals surface area contributed by atoms with Gasteiger partial charge in [0, 0.05) is 54.0 Å². The Morgan fingerprint density at radius 1 is 1.20 bits per heavy atom. The lowest BCUT2D eigenvalue weighted by molar-refractivity contribution is -0.125. The monoisotopic (exact) mass is 425 g/mol. The van der Waals surface area contributed by atoms with E-state index < -0.39 is 0 Å². The fourth-order valence-electron chi connectivity index (χ4n) is 3.97. The van der Waals surface area contributed by atoms with Gasteiger partial charge in [-0.15, -0.1) is 0 Å². The fraction of sp³-hybridized carbons (Fsp3) is 0.435. The second-order valence-corrected chi connectivity index (χ2v) is 8.40. The highest BCUT2D eigenvalue weighted by Gasteiger charge is 2.26. The molecule has 4 rings (SSSR count). The first-order chi connectivity index (χ1) is 14.5. The van der Waals surface area contributed by atoms with Gasteiger partial charge in [-0.05, 0) is 38.3 Å². The minimum absolute atomic E-state index is 0.0961. The second-order valence-electron chi connectivity index (χ2n) is 7.97. The lowest BCUT2D eigenvalue weighted by Crippen LogP contribution is -2.41. The second kappa shape index (κ2) is 9.04. The number of carbonyl (C=O) groups excluding carboxylic acids is 1. The van der Waals surface area contributed by atoms with E-state index in [9.17, 15) is 4.79 Å². The number of amides is 1. The number of anilines is 1. The smallest absolute Gasteiger partial charge is 0.223 e. The molecule has 0 spiro atoms. The van der Waals surface area contributed by atoms with E-state index in [2.05, 4.69) is 28.2 Å². The van der Waals surface area contributed by atoms with Gasteiger partial charge in [-0.2, -0.15) is 9.61 Å². The molecule has 30 heavy (non-hydrogen) atoms. The number of nitrogens with zero attached hydrogens (tertiary/aromatic N) is 4. The van der Waals surface area contributed by atoms with Crippen LogP contribution in [-0.2, 0) is 4.79 Å². The molecule has 6 nitrogen and oxygen atoms in total. The van der Waals surface area contributed by atoms with E-state index in [1.807, 2.05) is 41.8 Å². The minimum atomic E-state index is 0.0961. The van der Waals surface area contributed by atoms with Crippen molar-refractivity contribution < 1.29 is 4.79 Å². The normalized spacial score (nSPS) is 15.0. The first-order valence-electron chi connectivity index (χ1n) is 10.7. The van der Waals surface area contributed by atoms with Gasteiger partial charge < -0.3 is 10.2 Å². The molecule has 3 heterocycles. The topological polar surface area (TPSA) is 62.5 Å². The molecule has 1 amide bonds. The van der Waals surface area contributed by atoms with E-state index >= 15 is 0 Å². The summed E-state index contributed by atoms with van der Waals surface area (Å²) in [5.41, 5.74) is 3.67. The molecule has 2 aromatic heterocycles. The molecule has 1 aliphatic rings. The molecule has 0 radical (unpaired) electrons. The SMILES string of the molecule is CCCCNC(=O)C1CCN(c2cc(C)nc3cc(-c4ccc(Cl)cc4)nn23)CC1. The average Bonchev–Trinajstić information content (AvgIpc) is 3.17. The number of benzene rings is 1. The van der Waals surface area contributed by atoms with Gasteiger partial charge in [-0.1, -0.05) is 37.1 Å². The Morgan fingerprint density at radius 3 is 2.63 bits per heavy atom. The highest BCUT2D eigenvalue weighted by molar-refractivity contribution is 6.30. The molecule has 7 heteroatoms. The van der Waals surface area contributed by atoms with Crippen LogP contribution in [-0.4, -0.2) is 40.1 Å². The predicted molar refractivity (Wildman–Crippen MR) is 121 cm³/mol. The van der Waals surface area contributed by atoms with E-state index in [1.165, 1.54) is 0 Å². The van der Waals surface area contributed by atoms with Crippen LogP contribution in [0.2, 0.25) is 5.02 Å². The van der Waals surface area contributed by atoms with Crippen molar-refractivity contribution in [3.63, 3.8) is 0 Å². The Bertz CT molecular complexity index is 1020. The average molecular weight is 426 g/mol. The molecule has 1 aromatic carbocycles. The Kier molecular flexibility index (Phi) is 6.23. The van der Waals surface area contributed by atoms with Gasteiger partial charge in [0.25, 0.3) is 0 Å². The number of hydrogen-bond acceptors (Lipinski definition) is 4. The van der Waals surface area contributed by atoms with Crippen LogP contribution in [0, 0.1) is 12.8 Å². The van der Waals surface area contributed by atoms with Crippen molar-refractivity contribution in [2.24, 2.45) is 5.92 Å². The predicted octanol–water partition coefficient (Wildman–Crippen LogP) is 4.49. The summed E-state index contributed by atoms with van der Waals surface area (Å²) in [6.45, 7) is 6.59. The van der Waals surface area contributed by atoms with Crippen LogP contribution in [0.4, 0.5) is 5.82 Å². The van der Waals surface area contributed by atoms with Crippen molar-refractivity contribution in [2.45, 2.75) is 39.5 Å². The summed E-state index contributed by atoms with van der Waals surface area (Å²) in [5.74, 6) is 1.32. The molecule has 1 fully saturated rings. The van der Waals surface area contributed by atoms with E-state index in [4.69, 9.17) is 16.7 Å². The van der Waals surface area contributed by atoms with Gasteiger partial charge in [0.2, 0.25) is 5.91 Å². The van der Waals surface area contributed by atoms with E-state index in [0.29, 0.717) is 5.02 Å². The summed E-state index contributed by atoms with van der Waals surface area (Å²) in [4.78, 5) is 19.4. The fourth-order valence-corrected chi connectivity index (χ4v) is 4.10. The van der Waals surface area contributed by atoms with Crippen molar-refractivity contribution in [3.05, 3.63) is 47.1 Å². The maximum Gasteiger partial charge on any atom is 0.223 e. The van der Waals surface area contributed by atoms with Crippen molar-refractivity contribution in [1.29, 1.82) is 0 Å². The van der Waals surface area contributed by atoms with Crippen molar-refractivity contribution in [2.75, 3.05) is 24.5 Å². The third-order valence-electron chi connectivity index (χ3n) is 5.70. The van der Waals surface area contributed by atoms with Crippen molar-refractivity contribution >= 4 is 29.0 Å². The Balaban J connectivity index is 1.53. The molecular weight excluding hydrogens is 398 g/mol. The van der Waals surface area contributed by atoms with Crippen LogP contribution >= 0.6 is 11.6 Å². The molecule has 0 bridgehead atoms. The molecule has 1 aliphatic heterocycles.